The number of methoxy groups -OCH3 is 1. The number of hydrogen-bond acceptors (Lipinski definition) is 6. The Balaban J connectivity index is 1.72. The van der Waals surface area contributed by atoms with Gasteiger partial charge in [-0.05, 0) is 54.6 Å². The average molecular weight is 324 g/mol. The molecule has 0 amide bonds. The van der Waals surface area contributed by atoms with Crippen molar-refractivity contribution in [2.45, 2.75) is 9.92 Å². The molecule has 1 heterocycles. The number of nitrogen functional groups attached to an aromatic ring is 1. The van der Waals surface area contributed by atoms with E-state index >= 15 is 0 Å². The van der Waals surface area contributed by atoms with Crippen LogP contribution < -0.4 is 15.8 Å². The van der Waals surface area contributed by atoms with Gasteiger partial charge >= 0.3 is 0 Å². The highest BCUT2D eigenvalue weighted by Gasteiger charge is 2.03. The molecule has 2 aromatic carbocycles. The van der Waals surface area contributed by atoms with E-state index < -0.39 is 0 Å². The molecule has 0 saturated heterocycles. The van der Waals surface area contributed by atoms with Crippen LogP contribution in [0, 0.1) is 0 Å². The number of ether oxygens (including phenoxy) is 1. The molecule has 6 heteroatoms. The largest absolute Gasteiger partial charge is 0.497 e. The van der Waals surface area contributed by atoms with Crippen molar-refractivity contribution in [2.24, 2.45) is 0 Å². The maximum Gasteiger partial charge on any atom is 0.228 e. The monoisotopic (exact) mass is 324 g/mol. The zero-order valence-corrected chi connectivity index (χ0v) is 13.4. The summed E-state index contributed by atoms with van der Waals surface area (Å²) >= 11 is 1.57. The van der Waals surface area contributed by atoms with Crippen molar-refractivity contribution in [3.05, 3.63) is 60.8 Å². The molecule has 0 atom stereocenters. The number of aromatic nitrogens is 2. The Morgan fingerprint density at radius 3 is 2.43 bits per heavy atom. The smallest absolute Gasteiger partial charge is 0.228 e. The molecule has 5 nitrogen and oxygen atoms in total. The van der Waals surface area contributed by atoms with Gasteiger partial charge in [-0.15, -0.1) is 0 Å². The number of nitrogens with two attached hydrogens (primary N) is 1. The zero-order valence-electron chi connectivity index (χ0n) is 12.6. The van der Waals surface area contributed by atoms with Gasteiger partial charge in [-0.1, -0.05) is 11.8 Å². The lowest BCUT2D eigenvalue weighted by Crippen LogP contribution is -1.97. The van der Waals surface area contributed by atoms with E-state index in [1.807, 2.05) is 54.6 Å². The molecule has 1 aromatic heterocycles. The topological polar surface area (TPSA) is 73.1 Å². The summed E-state index contributed by atoms with van der Waals surface area (Å²) in [7, 11) is 1.65. The summed E-state index contributed by atoms with van der Waals surface area (Å²) in [6.45, 7) is 0. The molecule has 0 aliphatic rings. The minimum atomic E-state index is 0.549. The first-order chi connectivity index (χ1) is 11.2. The Hall–Kier alpha value is -2.73. The van der Waals surface area contributed by atoms with E-state index in [0.29, 0.717) is 5.95 Å². The van der Waals surface area contributed by atoms with E-state index in [9.17, 15) is 0 Å². The van der Waals surface area contributed by atoms with Gasteiger partial charge in [0.2, 0.25) is 5.95 Å². The van der Waals surface area contributed by atoms with E-state index in [2.05, 4.69) is 15.3 Å². The van der Waals surface area contributed by atoms with Crippen LogP contribution in [0.15, 0.2) is 70.7 Å². The summed E-state index contributed by atoms with van der Waals surface area (Å²) in [5, 5.41) is 4.03. The maximum atomic E-state index is 5.68. The molecule has 23 heavy (non-hydrogen) atoms. The van der Waals surface area contributed by atoms with Crippen molar-refractivity contribution in [2.75, 3.05) is 18.2 Å². The minimum Gasteiger partial charge on any atom is -0.497 e. The fourth-order valence-corrected chi connectivity index (χ4v) is 2.69. The van der Waals surface area contributed by atoms with Crippen molar-refractivity contribution >= 4 is 29.1 Å². The predicted octanol–water partition coefficient (Wildman–Crippen LogP) is 3.96. The second-order valence-corrected chi connectivity index (χ2v) is 5.84. The number of hydrogen-bond donors (Lipinski definition) is 2. The van der Waals surface area contributed by atoms with Gasteiger partial charge in [0.05, 0.1) is 7.11 Å². The van der Waals surface area contributed by atoms with Gasteiger partial charge in [-0.25, -0.2) is 9.97 Å². The van der Waals surface area contributed by atoms with Gasteiger partial charge < -0.3 is 15.8 Å². The lowest BCUT2D eigenvalue weighted by atomic mass is 10.3. The second-order valence-electron chi connectivity index (χ2n) is 4.74. The van der Waals surface area contributed by atoms with Crippen LogP contribution in [0.4, 0.5) is 17.3 Å². The first-order valence-corrected chi connectivity index (χ1v) is 7.82. The van der Waals surface area contributed by atoms with Gasteiger partial charge in [-0.2, -0.15) is 0 Å². The third-order valence-corrected chi connectivity index (χ3v) is 4.02. The van der Waals surface area contributed by atoms with Gasteiger partial charge in [0.15, 0.2) is 0 Å². The number of nitrogens with one attached hydrogen (secondary N) is 1. The Labute approximate surface area is 138 Å². The predicted molar refractivity (Wildman–Crippen MR) is 93.3 cm³/mol. The Kier molecular flexibility index (Phi) is 4.63. The normalized spacial score (nSPS) is 10.3. The van der Waals surface area contributed by atoms with Crippen LogP contribution in [-0.4, -0.2) is 17.1 Å². The Morgan fingerprint density at radius 1 is 1.00 bits per heavy atom. The molecule has 0 aliphatic heterocycles. The summed E-state index contributed by atoms with van der Waals surface area (Å²) in [6, 6.07) is 17.2. The molecular formula is C17H16N4OS. The van der Waals surface area contributed by atoms with Crippen LogP contribution in [0.3, 0.4) is 0 Å². The summed E-state index contributed by atoms with van der Waals surface area (Å²) in [6.07, 6.45) is 1.73. The summed E-state index contributed by atoms with van der Waals surface area (Å²) in [4.78, 5) is 9.83. The van der Waals surface area contributed by atoms with Crippen molar-refractivity contribution in [1.82, 2.24) is 9.97 Å². The molecule has 0 spiro atoms. The van der Waals surface area contributed by atoms with Crippen LogP contribution in [0.2, 0.25) is 0 Å². The first-order valence-electron chi connectivity index (χ1n) is 7.00. The summed E-state index contributed by atoms with van der Waals surface area (Å²) < 4.78 is 5.16. The van der Waals surface area contributed by atoms with E-state index in [1.54, 1.807) is 25.1 Å². The van der Waals surface area contributed by atoms with Crippen LogP contribution in [0.5, 0.6) is 5.75 Å². The van der Waals surface area contributed by atoms with Crippen LogP contribution in [0.25, 0.3) is 0 Å². The SMILES string of the molecule is COc1ccc(Sc2ccnc(Nc3ccc(N)cc3)n2)cc1. The molecule has 3 aromatic rings. The van der Waals surface area contributed by atoms with Crippen LogP contribution >= 0.6 is 11.8 Å². The molecule has 116 valence electrons. The standard InChI is InChI=1S/C17H16N4OS/c1-22-14-6-8-15(9-7-14)23-16-10-11-19-17(21-16)20-13-4-2-12(18)3-5-13/h2-11H,18H2,1H3,(H,19,20,21). The number of anilines is 3. The number of nitrogens with zero attached hydrogens (tertiary/aromatic N) is 2. The summed E-state index contributed by atoms with van der Waals surface area (Å²) in [5.74, 6) is 1.39. The van der Waals surface area contributed by atoms with Crippen molar-refractivity contribution in [3.63, 3.8) is 0 Å². The number of benzene rings is 2. The molecule has 0 aliphatic carbocycles. The third kappa shape index (κ3) is 4.14. The molecule has 0 saturated carbocycles. The van der Waals surface area contributed by atoms with Crippen LogP contribution in [0.1, 0.15) is 0 Å². The van der Waals surface area contributed by atoms with Gasteiger partial charge in [0.25, 0.3) is 0 Å². The number of rotatable bonds is 5. The van der Waals surface area contributed by atoms with Crippen molar-refractivity contribution in [3.8, 4) is 5.75 Å². The molecular weight excluding hydrogens is 308 g/mol. The van der Waals surface area contributed by atoms with E-state index in [0.717, 1.165) is 27.0 Å². The van der Waals surface area contributed by atoms with E-state index in [1.165, 1.54) is 0 Å². The van der Waals surface area contributed by atoms with Gasteiger partial charge in [0, 0.05) is 22.5 Å². The van der Waals surface area contributed by atoms with Crippen molar-refractivity contribution in [1.29, 1.82) is 0 Å². The lowest BCUT2D eigenvalue weighted by molar-refractivity contribution is 0.414. The average Bonchev–Trinajstić information content (AvgIpc) is 2.58. The molecule has 0 unspecified atom stereocenters. The highest BCUT2D eigenvalue weighted by molar-refractivity contribution is 7.99. The highest BCUT2D eigenvalue weighted by atomic mass is 32.2. The Bertz CT molecular complexity index is 775. The first kappa shape index (κ1) is 15.2. The summed E-state index contributed by atoms with van der Waals surface area (Å²) in [5.41, 5.74) is 7.30. The minimum absolute atomic E-state index is 0.549. The quantitative estimate of drug-likeness (QED) is 0.546. The second kappa shape index (κ2) is 7.02. The Morgan fingerprint density at radius 2 is 1.74 bits per heavy atom. The molecule has 0 fully saturated rings. The van der Waals surface area contributed by atoms with E-state index in [-0.39, 0.29) is 0 Å². The molecule has 3 N–H and O–H groups in total. The molecule has 0 bridgehead atoms. The van der Waals surface area contributed by atoms with Gasteiger partial charge in [-0.3, -0.25) is 0 Å². The highest BCUT2D eigenvalue weighted by Crippen LogP contribution is 2.28. The zero-order chi connectivity index (χ0) is 16.1. The lowest BCUT2D eigenvalue weighted by Gasteiger charge is -2.07. The molecule has 0 radical (unpaired) electrons. The van der Waals surface area contributed by atoms with Crippen LogP contribution in [-0.2, 0) is 0 Å². The third-order valence-electron chi connectivity index (χ3n) is 3.08. The maximum absolute atomic E-state index is 5.68. The molecule has 3 rings (SSSR count). The van der Waals surface area contributed by atoms with E-state index in [4.69, 9.17) is 10.5 Å². The fraction of sp³-hybridized carbons (Fsp3) is 0.0588. The van der Waals surface area contributed by atoms with Crippen molar-refractivity contribution < 1.29 is 4.74 Å². The van der Waals surface area contributed by atoms with Gasteiger partial charge in [0.1, 0.15) is 10.8 Å². The fourth-order valence-electron chi connectivity index (χ4n) is 1.92.